The zero-order valence-corrected chi connectivity index (χ0v) is 9.83. The summed E-state index contributed by atoms with van der Waals surface area (Å²) in [4.78, 5) is 3.59. The van der Waals surface area contributed by atoms with Crippen molar-refractivity contribution in [2.75, 3.05) is 5.73 Å². The molecule has 0 amide bonds. The number of aromatic nitrogens is 3. The molecular formula is C9H6BrF3N4. The minimum absolute atomic E-state index is 0.0824. The molecule has 2 rings (SSSR count). The normalized spacial score (nSPS) is 11.8. The highest BCUT2D eigenvalue weighted by Gasteiger charge is 2.34. The first kappa shape index (κ1) is 11.9. The van der Waals surface area contributed by atoms with Gasteiger partial charge >= 0.3 is 6.18 Å². The Morgan fingerprint density at radius 3 is 2.53 bits per heavy atom. The second-order valence-corrected chi connectivity index (χ2v) is 4.12. The summed E-state index contributed by atoms with van der Waals surface area (Å²) >= 11 is 3.00. The molecule has 8 heteroatoms. The topological polar surface area (TPSA) is 56.7 Å². The third kappa shape index (κ3) is 2.41. The second-order valence-electron chi connectivity index (χ2n) is 3.21. The number of hydrogen-bond donors (Lipinski definition) is 1. The van der Waals surface area contributed by atoms with E-state index < -0.39 is 11.7 Å². The summed E-state index contributed by atoms with van der Waals surface area (Å²) in [5.74, 6) is -0.0824. The van der Waals surface area contributed by atoms with Gasteiger partial charge in [0.2, 0.25) is 5.95 Å². The molecule has 17 heavy (non-hydrogen) atoms. The summed E-state index contributed by atoms with van der Waals surface area (Å²) in [6.45, 7) is 0. The zero-order valence-electron chi connectivity index (χ0n) is 8.24. The van der Waals surface area contributed by atoms with E-state index in [0.717, 1.165) is 17.1 Å². The molecular weight excluding hydrogens is 301 g/mol. The largest absolute Gasteiger partial charge is 0.418 e. The molecule has 0 spiro atoms. The van der Waals surface area contributed by atoms with Gasteiger partial charge in [0.1, 0.15) is 6.33 Å². The maximum atomic E-state index is 12.8. The third-order valence-electron chi connectivity index (χ3n) is 2.02. The van der Waals surface area contributed by atoms with Crippen LogP contribution in [0.2, 0.25) is 0 Å². The molecule has 0 saturated heterocycles. The Hall–Kier alpha value is -1.57. The minimum atomic E-state index is -4.47. The predicted octanol–water partition coefficient (Wildman–Crippen LogP) is 2.63. The van der Waals surface area contributed by atoms with Gasteiger partial charge in [0.25, 0.3) is 0 Å². The maximum Gasteiger partial charge on any atom is 0.418 e. The van der Waals surface area contributed by atoms with Crippen molar-refractivity contribution in [3.8, 4) is 5.69 Å². The van der Waals surface area contributed by atoms with Crippen LogP contribution in [0.3, 0.4) is 0 Å². The Morgan fingerprint density at radius 2 is 2.00 bits per heavy atom. The molecule has 4 nitrogen and oxygen atoms in total. The minimum Gasteiger partial charge on any atom is -0.366 e. The molecule has 2 N–H and O–H groups in total. The van der Waals surface area contributed by atoms with Crippen molar-refractivity contribution >= 4 is 21.9 Å². The molecule has 0 aliphatic heterocycles. The van der Waals surface area contributed by atoms with Crippen molar-refractivity contribution in [3.63, 3.8) is 0 Å². The second kappa shape index (κ2) is 4.02. The van der Waals surface area contributed by atoms with Crippen LogP contribution in [0.25, 0.3) is 5.69 Å². The first-order valence-electron chi connectivity index (χ1n) is 4.42. The molecule has 2 aromatic rings. The van der Waals surface area contributed by atoms with E-state index in [1.165, 1.54) is 12.1 Å². The highest BCUT2D eigenvalue weighted by Crippen LogP contribution is 2.35. The molecule has 0 saturated carbocycles. The molecule has 0 atom stereocenters. The van der Waals surface area contributed by atoms with Gasteiger partial charge in [0.15, 0.2) is 0 Å². The van der Waals surface area contributed by atoms with E-state index >= 15 is 0 Å². The fourth-order valence-electron chi connectivity index (χ4n) is 1.33. The third-order valence-corrected chi connectivity index (χ3v) is 2.51. The van der Waals surface area contributed by atoms with Gasteiger partial charge in [-0.05, 0) is 18.2 Å². The monoisotopic (exact) mass is 306 g/mol. The molecule has 0 aliphatic rings. The van der Waals surface area contributed by atoms with Crippen molar-refractivity contribution in [3.05, 3.63) is 34.6 Å². The number of nitrogens with two attached hydrogens (primary N) is 1. The summed E-state index contributed by atoms with van der Waals surface area (Å²) in [7, 11) is 0. The number of nitrogen functional groups attached to an aromatic ring is 1. The Labute approximate surface area is 102 Å². The highest BCUT2D eigenvalue weighted by molar-refractivity contribution is 9.10. The lowest BCUT2D eigenvalue weighted by molar-refractivity contribution is -0.137. The first-order valence-corrected chi connectivity index (χ1v) is 5.21. The van der Waals surface area contributed by atoms with Crippen LogP contribution in [0.5, 0.6) is 0 Å². The summed E-state index contributed by atoms with van der Waals surface area (Å²) in [5.41, 5.74) is 4.34. The number of nitrogens with zero attached hydrogens (tertiary/aromatic N) is 3. The lowest BCUT2D eigenvalue weighted by atomic mass is 10.2. The number of alkyl halides is 3. The van der Waals surface area contributed by atoms with Crippen molar-refractivity contribution in [1.29, 1.82) is 0 Å². The SMILES string of the molecule is Nc1ncn(-c2ccc(Br)cc2C(F)(F)F)n1. The van der Waals surface area contributed by atoms with Crippen LogP contribution in [-0.4, -0.2) is 14.8 Å². The van der Waals surface area contributed by atoms with Gasteiger partial charge < -0.3 is 5.73 Å². The van der Waals surface area contributed by atoms with Gasteiger partial charge in [0, 0.05) is 4.47 Å². The number of halogens is 4. The lowest BCUT2D eigenvalue weighted by Gasteiger charge is -2.12. The molecule has 1 heterocycles. The van der Waals surface area contributed by atoms with Crippen molar-refractivity contribution < 1.29 is 13.2 Å². The Balaban J connectivity index is 2.61. The van der Waals surface area contributed by atoms with Crippen molar-refractivity contribution in [2.45, 2.75) is 6.18 Å². The Morgan fingerprint density at radius 1 is 1.29 bits per heavy atom. The number of rotatable bonds is 1. The van der Waals surface area contributed by atoms with E-state index in [4.69, 9.17) is 5.73 Å². The van der Waals surface area contributed by atoms with Crippen LogP contribution in [-0.2, 0) is 6.18 Å². The van der Waals surface area contributed by atoms with Gasteiger partial charge in [-0.25, -0.2) is 9.67 Å². The quantitative estimate of drug-likeness (QED) is 0.881. The summed E-state index contributed by atoms with van der Waals surface area (Å²) in [5, 5.41) is 3.65. The van der Waals surface area contributed by atoms with Crippen LogP contribution in [0, 0.1) is 0 Å². The molecule has 90 valence electrons. The molecule has 1 aromatic heterocycles. The van der Waals surface area contributed by atoms with Crippen LogP contribution in [0.1, 0.15) is 5.56 Å². The fraction of sp³-hybridized carbons (Fsp3) is 0.111. The van der Waals surface area contributed by atoms with E-state index in [1.807, 2.05) is 0 Å². The molecule has 0 fully saturated rings. The lowest BCUT2D eigenvalue weighted by Crippen LogP contribution is -2.11. The van der Waals surface area contributed by atoms with Crippen LogP contribution < -0.4 is 5.73 Å². The number of benzene rings is 1. The zero-order chi connectivity index (χ0) is 12.6. The summed E-state index contributed by atoms with van der Waals surface area (Å²) in [6.07, 6.45) is -3.34. The standard InChI is InChI=1S/C9H6BrF3N4/c10-5-1-2-7(6(3-5)9(11,12)13)17-4-15-8(14)16-17/h1-4H,(H2,14,16). The number of hydrogen-bond acceptors (Lipinski definition) is 3. The van der Waals surface area contributed by atoms with Crippen molar-refractivity contribution in [1.82, 2.24) is 14.8 Å². The number of anilines is 1. The molecule has 0 unspecified atom stereocenters. The smallest absolute Gasteiger partial charge is 0.366 e. The summed E-state index contributed by atoms with van der Waals surface area (Å²) < 4.78 is 39.7. The van der Waals surface area contributed by atoms with Crippen LogP contribution in [0.4, 0.5) is 19.1 Å². The molecule has 1 aromatic carbocycles. The van der Waals surface area contributed by atoms with Gasteiger partial charge in [-0.3, -0.25) is 0 Å². The molecule has 0 aliphatic carbocycles. The Kier molecular flexibility index (Phi) is 2.82. The van der Waals surface area contributed by atoms with Crippen LogP contribution >= 0.6 is 15.9 Å². The van der Waals surface area contributed by atoms with E-state index in [1.54, 1.807) is 0 Å². The summed E-state index contributed by atoms with van der Waals surface area (Å²) in [6, 6.07) is 3.76. The highest BCUT2D eigenvalue weighted by atomic mass is 79.9. The van der Waals surface area contributed by atoms with Gasteiger partial charge in [0.05, 0.1) is 11.3 Å². The predicted molar refractivity (Wildman–Crippen MR) is 58.5 cm³/mol. The van der Waals surface area contributed by atoms with Gasteiger partial charge in [-0.15, -0.1) is 5.10 Å². The average Bonchev–Trinajstić information content (AvgIpc) is 2.63. The van der Waals surface area contributed by atoms with Gasteiger partial charge in [-0.1, -0.05) is 15.9 Å². The van der Waals surface area contributed by atoms with E-state index in [2.05, 4.69) is 26.0 Å². The first-order chi connectivity index (χ1) is 7.88. The van der Waals surface area contributed by atoms with E-state index in [-0.39, 0.29) is 11.6 Å². The maximum absolute atomic E-state index is 12.8. The van der Waals surface area contributed by atoms with Gasteiger partial charge in [-0.2, -0.15) is 13.2 Å². The van der Waals surface area contributed by atoms with Crippen molar-refractivity contribution in [2.24, 2.45) is 0 Å². The van der Waals surface area contributed by atoms with Crippen LogP contribution in [0.15, 0.2) is 29.0 Å². The Bertz CT molecular complexity index is 549. The molecule has 0 radical (unpaired) electrons. The van der Waals surface area contributed by atoms with E-state index in [0.29, 0.717) is 4.47 Å². The fourth-order valence-corrected chi connectivity index (χ4v) is 1.69. The molecule has 0 bridgehead atoms. The average molecular weight is 307 g/mol. The van der Waals surface area contributed by atoms with E-state index in [9.17, 15) is 13.2 Å².